The first-order valence-electron chi connectivity index (χ1n) is 7.77. The highest BCUT2D eigenvalue weighted by Crippen LogP contribution is 1.98. The third-order valence-corrected chi connectivity index (χ3v) is 2.70. The molecule has 0 aromatic heterocycles. The fourth-order valence-electron chi connectivity index (χ4n) is 1.57. The van der Waals surface area contributed by atoms with Crippen molar-refractivity contribution in [2.45, 2.75) is 46.6 Å². The lowest BCUT2D eigenvalue weighted by molar-refractivity contribution is -0.121. The van der Waals surface area contributed by atoms with Crippen molar-refractivity contribution in [2.24, 2.45) is 10.9 Å². The zero-order valence-corrected chi connectivity index (χ0v) is 14.2. The second-order valence-electron chi connectivity index (χ2n) is 5.69. The summed E-state index contributed by atoms with van der Waals surface area (Å²) < 4.78 is 5.52. The second kappa shape index (κ2) is 12.4. The molecule has 0 aliphatic carbocycles. The molecule has 0 unspecified atom stereocenters. The van der Waals surface area contributed by atoms with Crippen LogP contribution in [-0.2, 0) is 9.53 Å². The first-order valence-corrected chi connectivity index (χ1v) is 7.77. The maximum absolute atomic E-state index is 11.5. The molecule has 0 aliphatic rings. The van der Waals surface area contributed by atoms with Crippen LogP contribution >= 0.6 is 0 Å². The fraction of sp³-hybridized carbons (Fsp3) is 0.867. The summed E-state index contributed by atoms with van der Waals surface area (Å²) in [5.41, 5.74) is 0. The number of rotatable bonds is 10. The predicted molar refractivity (Wildman–Crippen MR) is 87.5 cm³/mol. The molecule has 0 atom stereocenters. The molecule has 0 bridgehead atoms. The van der Waals surface area contributed by atoms with Gasteiger partial charge in [0.05, 0.1) is 6.61 Å². The Morgan fingerprint density at radius 3 is 2.33 bits per heavy atom. The van der Waals surface area contributed by atoms with Crippen LogP contribution < -0.4 is 16.0 Å². The Kier molecular flexibility index (Phi) is 11.7. The van der Waals surface area contributed by atoms with Gasteiger partial charge < -0.3 is 20.7 Å². The Hall–Kier alpha value is -1.30. The normalized spacial score (nSPS) is 11.9. The lowest BCUT2D eigenvalue weighted by Gasteiger charge is -2.13. The fourth-order valence-corrected chi connectivity index (χ4v) is 1.57. The largest absolute Gasteiger partial charge is 0.380 e. The van der Waals surface area contributed by atoms with Gasteiger partial charge in [0.2, 0.25) is 5.91 Å². The molecule has 0 heterocycles. The van der Waals surface area contributed by atoms with Gasteiger partial charge in [-0.1, -0.05) is 13.8 Å². The van der Waals surface area contributed by atoms with Crippen LogP contribution in [0.5, 0.6) is 0 Å². The smallest absolute Gasteiger partial charge is 0.221 e. The number of nitrogens with zero attached hydrogens (tertiary/aromatic N) is 1. The number of amides is 1. The molecule has 0 aromatic carbocycles. The number of hydrogen-bond donors (Lipinski definition) is 3. The van der Waals surface area contributed by atoms with Crippen LogP contribution in [-0.4, -0.2) is 51.3 Å². The summed E-state index contributed by atoms with van der Waals surface area (Å²) in [6.07, 6.45) is 1.52. The van der Waals surface area contributed by atoms with Crippen LogP contribution in [0.25, 0.3) is 0 Å². The van der Waals surface area contributed by atoms with Crippen molar-refractivity contribution in [2.75, 3.05) is 33.4 Å². The Morgan fingerprint density at radius 2 is 1.76 bits per heavy atom. The molecule has 21 heavy (non-hydrogen) atoms. The highest BCUT2D eigenvalue weighted by molar-refractivity contribution is 5.81. The number of nitrogens with one attached hydrogen (secondary N) is 3. The summed E-state index contributed by atoms with van der Waals surface area (Å²) in [5, 5.41) is 9.11. The van der Waals surface area contributed by atoms with E-state index in [0.717, 1.165) is 13.0 Å². The van der Waals surface area contributed by atoms with Crippen molar-refractivity contribution in [3.05, 3.63) is 0 Å². The molecule has 0 spiro atoms. The van der Waals surface area contributed by atoms with Crippen LogP contribution in [0.2, 0.25) is 0 Å². The molecule has 6 nitrogen and oxygen atoms in total. The van der Waals surface area contributed by atoms with E-state index in [-0.39, 0.29) is 11.9 Å². The standard InChI is InChI=1S/C15H32N4O2/c1-12(2)7-10-21-11-9-18-15(16-5)17-8-6-14(20)19-13(3)4/h12-13H,6-11H2,1-5H3,(H,19,20)(H2,16,17,18). The summed E-state index contributed by atoms with van der Waals surface area (Å²) in [4.78, 5) is 15.6. The molecular formula is C15H32N4O2. The Labute approximate surface area is 129 Å². The van der Waals surface area contributed by atoms with E-state index < -0.39 is 0 Å². The van der Waals surface area contributed by atoms with Gasteiger partial charge in [0.25, 0.3) is 0 Å². The van der Waals surface area contributed by atoms with Crippen molar-refractivity contribution in [3.63, 3.8) is 0 Å². The van der Waals surface area contributed by atoms with E-state index in [2.05, 4.69) is 34.8 Å². The first-order chi connectivity index (χ1) is 9.95. The lowest BCUT2D eigenvalue weighted by atomic mass is 10.1. The lowest BCUT2D eigenvalue weighted by Crippen LogP contribution is -2.41. The molecule has 6 heteroatoms. The van der Waals surface area contributed by atoms with E-state index >= 15 is 0 Å². The summed E-state index contributed by atoms with van der Waals surface area (Å²) in [7, 11) is 1.71. The third kappa shape index (κ3) is 13.4. The Balaban J connectivity index is 3.61. The van der Waals surface area contributed by atoms with Gasteiger partial charge in [-0.15, -0.1) is 0 Å². The van der Waals surface area contributed by atoms with Crippen LogP contribution in [0.4, 0.5) is 0 Å². The molecule has 0 saturated heterocycles. The summed E-state index contributed by atoms with van der Waals surface area (Å²) in [6, 6.07) is 0.179. The highest BCUT2D eigenvalue weighted by atomic mass is 16.5. The van der Waals surface area contributed by atoms with E-state index in [1.54, 1.807) is 7.05 Å². The van der Waals surface area contributed by atoms with Gasteiger partial charge in [-0.05, 0) is 26.2 Å². The quantitative estimate of drug-likeness (QED) is 0.321. The minimum Gasteiger partial charge on any atom is -0.380 e. The Bertz CT molecular complexity index is 304. The maximum Gasteiger partial charge on any atom is 0.221 e. The first kappa shape index (κ1) is 19.7. The molecule has 3 N–H and O–H groups in total. The van der Waals surface area contributed by atoms with E-state index in [0.29, 0.717) is 38.0 Å². The molecular weight excluding hydrogens is 268 g/mol. The van der Waals surface area contributed by atoms with E-state index in [4.69, 9.17) is 4.74 Å². The molecule has 0 aliphatic heterocycles. The van der Waals surface area contributed by atoms with Gasteiger partial charge >= 0.3 is 0 Å². The number of ether oxygens (including phenoxy) is 1. The summed E-state index contributed by atoms with van der Waals surface area (Å²) in [6.45, 7) is 11.0. The summed E-state index contributed by atoms with van der Waals surface area (Å²) in [5.74, 6) is 1.41. The topological polar surface area (TPSA) is 74.8 Å². The SMILES string of the molecule is CN=C(NCCOCCC(C)C)NCCC(=O)NC(C)C. The van der Waals surface area contributed by atoms with Crippen molar-refractivity contribution >= 4 is 11.9 Å². The van der Waals surface area contributed by atoms with Crippen molar-refractivity contribution in [1.29, 1.82) is 0 Å². The van der Waals surface area contributed by atoms with Crippen LogP contribution in [0, 0.1) is 5.92 Å². The highest BCUT2D eigenvalue weighted by Gasteiger charge is 2.03. The number of carbonyl (C=O) groups is 1. The van der Waals surface area contributed by atoms with Crippen molar-refractivity contribution < 1.29 is 9.53 Å². The number of aliphatic imine (C=N–C) groups is 1. The number of hydrogen-bond acceptors (Lipinski definition) is 3. The second-order valence-corrected chi connectivity index (χ2v) is 5.69. The van der Waals surface area contributed by atoms with Gasteiger partial charge in [-0.2, -0.15) is 0 Å². The molecule has 0 saturated carbocycles. The van der Waals surface area contributed by atoms with Gasteiger partial charge in [0, 0.05) is 39.2 Å². The molecule has 0 rings (SSSR count). The average Bonchev–Trinajstić information content (AvgIpc) is 2.39. The van der Waals surface area contributed by atoms with Gasteiger partial charge in [0.1, 0.15) is 0 Å². The van der Waals surface area contributed by atoms with E-state index in [9.17, 15) is 4.79 Å². The molecule has 0 radical (unpaired) electrons. The number of carbonyl (C=O) groups excluding carboxylic acids is 1. The minimum absolute atomic E-state index is 0.0463. The molecule has 1 amide bonds. The van der Waals surface area contributed by atoms with Crippen LogP contribution in [0.15, 0.2) is 4.99 Å². The van der Waals surface area contributed by atoms with Gasteiger partial charge in [0.15, 0.2) is 5.96 Å². The van der Waals surface area contributed by atoms with Crippen LogP contribution in [0.3, 0.4) is 0 Å². The molecule has 124 valence electrons. The van der Waals surface area contributed by atoms with Gasteiger partial charge in [-0.3, -0.25) is 9.79 Å². The maximum atomic E-state index is 11.5. The van der Waals surface area contributed by atoms with Crippen molar-refractivity contribution in [1.82, 2.24) is 16.0 Å². The van der Waals surface area contributed by atoms with Crippen LogP contribution in [0.1, 0.15) is 40.5 Å². The van der Waals surface area contributed by atoms with E-state index in [1.165, 1.54) is 0 Å². The predicted octanol–water partition coefficient (Wildman–Crippen LogP) is 1.13. The minimum atomic E-state index is 0.0463. The molecule has 0 aromatic rings. The Morgan fingerprint density at radius 1 is 1.10 bits per heavy atom. The number of guanidine groups is 1. The average molecular weight is 300 g/mol. The van der Waals surface area contributed by atoms with Gasteiger partial charge in [-0.25, -0.2) is 0 Å². The van der Waals surface area contributed by atoms with Crippen molar-refractivity contribution in [3.8, 4) is 0 Å². The summed E-state index contributed by atoms with van der Waals surface area (Å²) >= 11 is 0. The zero-order chi connectivity index (χ0) is 16.1. The van der Waals surface area contributed by atoms with E-state index in [1.807, 2.05) is 13.8 Å². The third-order valence-electron chi connectivity index (χ3n) is 2.70. The molecule has 0 fully saturated rings. The monoisotopic (exact) mass is 300 g/mol. The zero-order valence-electron chi connectivity index (χ0n) is 14.2.